The fourth-order valence-electron chi connectivity index (χ4n) is 4.94. The molecule has 1 aliphatic rings. The molecule has 2 heterocycles. The molecule has 2 unspecified atom stereocenters. The summed E-state index contributed by atoms with van der Waals surface area (Å²) in [6.45, 7) is 13.0. The van der Waals surface area contributed by atoms with Crippen LogP contribution in [0.3, 0.4) is 0 Å². The van der Waals surface area contributed by atoms with Crippen molar-refractivity contribution < 1.29 is 23.8 Å². The first-order valence-electron chi connectivity index (χ1n) is 14.1. The van der Waals surface area contributed by atoms with Crippen molar-refractivity contribution >= 4 is 29.3 Å². The molecule has 2 aromatic rings. The number of nitrogens with one attached hydrogen (secondary N) is 1. The van der Waals surface area contributed by atoms with Gasteiger partial charge in [-0.05, 0) is 53.3 Å². The molecular weight excluding hydrogens is 558 g/mol. The zero-order valence-corrected chi connectivity index (χ0v) is 26.4. The van der Waals surface area contributed by atoms with Crippen LogP contribution in [-0.2, 0) is 30.3 Å². The largest absolute Gasteiger partial charge is 0.468 e. The van der Waals surface area contributed by atoms with Gasteiger partial charge in [0.1, 0.15) is 5.92 Å². The Morgan fingerprint density at radius 3 is 2.45 bits per heavy atom. The SMILES string of the molecule is CCOC(=O)C1=C(COCCNCCN(C)Cc2nc(C)c(C)nc2C)N=C(C)C(C(=O)OC)C1c1ccccc1Cl. The molecule has 0 aliphatic carbocycles. The van der Waals surface area contributed by atoms with Crippen LogP contribution in [0.1, 0.15) is 48.1 Å². The summed E-state index contributed by atoms with van der Waals surface area (Å²) in [5, 5.41) is 3.82. The minimum atomic E-state index is -0.824. The molecule has 0 saturated carbocycles. The molecule has 1 aromatic carbocycles. The number of methoxy groups -OCH3 is 1. The molecule has 0 amide bonds. The second-order valence-corrected chi connectivity index (χ2v) is 10.7. The van der Waals surface area contributed by atoms with Crippen LogP contribution in [0.2, 0.25) is 5.02 Å². The van der Waals surface area contributed by atoms with E-state index < -0.39 is 23.8 Å². The third-order valence-corrected chi connectivity index (χ3v) is 7.58. The van der Waals surface area contributed by atoms with Crippen molar-refractivity contribution in [3.05, 3.63) is 68.9 Å². The molecule has 1 aliphatic heterocycles. The smallest absolute Gasteiger partial charge is 0.336 e. The molecule has 228 valence electrons. The first-order valence-corrected chi connectivity index (χ1v) is 14.5. The number of halogens is 1. The molecule has 10 nitrogen and oxygen atoms in total. The van der Waals surface area contributed by atoms with Gasteiger partial charge in [-0.15, -0.1) is 0 Å². The number of carbonyl (C=O) groups excluding carboxylic acids is 2. The van der Waals surface area contributed by atoms with Crippen LogP contribution in [0, 0.1) is 26.7 Å². The van der Waals surface area contributed by atoms with Crippen LogP contribution in [0.25, 0.3) is 0 Å². The first kappa shape index (κ1) is 33.3. The lowest BCUT2D eigenvalue weighted by Crippen LogP contribution is -2.37. The number of aliphatic imine (C=N–C) groups is 1. The van der Waals surface area contributed by atoms with E-state index in [4.69, 9.17) is 25.8 Å². The van der Waals surface area contributed by atoms with E-state index in [-0.39, 0.29) is 18.8 Å². The Morgan fingerprint density at radius 2 is 1.76 bits per heavy atom. The number of carbonyl (C=O) groups is 2. The number of likely N-dealkylation sites (N-methyl/N-ethyl adjacent to an activating group) is 1. The lowest BCUT2D eigenvalue weighted by atomic mass is 9.75. The van der Waals surface area contributed by atoms with Gasteiger partial charge in [-0.1, -0.05) is 29.8 Å². The van der Waals surface area contributed by atoms with Crippen molar-refractivity contribution in [1.82, 2.24) is 20.2 Å². The molecule has 1 N–H and O–H groups in total. The van der Waals surface area contributed by atoms with Gasteiger partial charge < -0.3 is 19.5 Å². The highest BCUT2D eigenvalue weighted by Crippen LogP contribution is 2.42. The van der Waals surface area contributed by atoms with Crippen molar-refractivity contribution in [2.75, 3.05) is 53.6 Å². The Balaban J connectivity index is 1.64. The van der Waals surface area contributed by atoms with E-state index in [0.29, 0.717) is 35.1 Å². The summed E-state index contributed by atoms with van der Waals surface area (Å²) in [4.78, 5) is 42.2. The number of benzene rings is 1. The standard InChI is InChI=1S/C31H42ClN5O5/c1-8-42-31(39)29-26(36-22(5)27(30(38)40-7)28(29)23-11-9-10-12-24(23)32)18-41-16-14-33-13-15-37(6)17-25-21(4)34-19(2)20(3)35-25/h9-12,27-28,33H,8,13-18H2,1-7H3. The summed E-state index contributed by atoms with van der Waals surface area (Å²) in [6, 6.07) is 7.14. The number of hydrogen-bond donors (Lipinski definition) is 1. The van der Waals surface area contributed by atoms with E-state index in [0.717, 1.165) is 42.4 Å². The summed E-state index contributed by atoms with van der Waals surface area (Å²) in [6.07, 6.45) is 0. The van der Waals surface area contributed by atoms with Crippen LogP contribution in [0.4, 0.5) is 0 Å². The number of aromatic nitrogens is 2. The molecule has 3 rings (SSSR count). The molecular formula is C31H42ClN5O5. The van der Waals surface area contributed by atoms with Gasteiger partial charge in [-0.3, -0.25) is 24.7 Å². The van der Waals surface area contributed by atoms with Crippen LogP contribution in [-0.4, -0.2) is 86.1 Å². The highest BCUT2D eigenvalue weighted by molar-refractivity contribution is 6.31. The van der Waals surface area contributed by atoms with Gasteiger partial charge in [0.2, 0.25) is 0 Å². The Bertz CT molecular complexity index is 1330. The minimum absolute atomic E-state index is 0.0760. The minimum Gasteiger partial charge on any atom is -0.468 e. The van der Waals surface area contributed by atoms with Crippen molar-refractivity contribution in [1.29, 1.82) is 0 Å². The molecule has 0 bridgehead atoms. The number of nitrogens with zero attached hydrogens (tertiary/aromatic N) is 4. The lowest BCUT2D eigenvalue weighted by Gasteiger charge is -2.32. The average Bonchev–Trinajstić information content (AvgIpc) is 2.95. The zero-order chi connectivity index (χ0) is 30.8. The highest BCUT2D eigenvalue weighted by atomic mass is 35.5. The maximum absolute atomic E-state index is 13.3. The number of rotatable bonds is 14. The molecule has 2 atom stereocenters. The first-order chi connectivity index (χ1) is 20.1. The van der Waals surface area contributed by atoms with Crippen LogP contribution < -0.4 is 5.32 Å². The lowest BCUT2D eigenvalue weighted by molar-refractivity contribution is -0.144. The number of esters is 2. The third-order valence-electron chi connectivity index (χ3n) is 7.24. The molecule has 11 heteroatoms. The number of ether oxygens (including phenoxy) is 3. The third kappa shape index (κ3) is 8.44. The molecule has 0 fully saturated rings. The van der Waals surface area contributed by atoms with Crippen LogP contribution >= 0.6 is 11.6 Å². The predicted molar refractivity (Wildman–Crippen MR) is 163 cm³/mol. The average molecular weight is 600 g/mol. The fraction of sp³-hybridized carbons (Fsp3) is 0.516. The maximum Gasteiger partial charge on any atom is 0.336 e. The van der Waals surface area contributed by atoms with E-state index in [1.807, 2.05) is 26.8 Å². The Labute approximate surface area is 253 Å². The van der Waals surface area contributed by atoms with Gasteiger partial charge in [-0.2, -0.15) is 0 Å². The molecule has 42 heavy (non-hydrogen) atoms. The Hall–Kier alpha value is -3.18. The van der Waals surface area contributed by atoms with Gasteiger partial charge in [0.15, 0.2) is 0 Å². The zero-order valence-electron chi connectivity index (χ0n) is 25.6. The molecule has 0 spiro atoms. The summed E-state index contributed by atoms with van der Waals surface area (Å²) in [7, 11) is 3.37. The molecule has 0 saturated heterocycles. The second-order valence-electron chi connectivity index (χ2n) is 10.3. The monoisotopic (exact) mass is 599 g/mol. The Kier molecular flexibility index (Phi) is 12.6. The van der Waals surface area contributed by atoms with E-state index in [2.05, 4.69) is 32.2 Å². The van der Waals surface area contributed by atoms with Gasteiger partial charge in [0, 0.05) is 42.8 Å². The van der Waals surface area contributed by atoms with Crippen LogP contribution in [0.5, 0.6) is 0 Å². The van der Waals surface area contributed by atoms with Crippen molar-refractivity contribution in [3.8, 4) is 0 Å². The summed E-state index contributed by atoms with van der Waals surface area (Å²) in [5.74, 6) is -2.61. The summed E-state index contributed by atoms with van der Waals surface area (Å²) in [5.41, 5.74) is 5.67. The number of hydrogen-bond acceptors (Lipinski definition) is 10. The van der Waals surface area contributed by atoms with Crippen molar-refractivity contribution in [2.24, 2.45) is 10.9 Å². The van der Waals surface area contributed by atoms with Gasteiger partial charge >= 0.3 is 11.9 Å². The van der Waals surface area contributed by atoms with E-state index in [9.17, 15) is 9.59 Å². The number of aryl methyl sites for hydroxylation is 3. The highest BCUT2D eigenvalue weighted by Gasteiger charge is 2.43. The molecule has 1 aromatic heterocycles. The van der Waals surface area contributed by atoms with Crippen LogP contribution in [0.15, 0.2) is 40.5 Å². The Morgan fingerprint density at radius 1 is 1.05 bits per heavy atom. The molecule has 0 radical (unpaired) electrons. The van der Waals surface area contributed by atoms with E-state index in [1.54, 1.807) is 32.0 Å². The van der Waals surface area contributed by atoms with Gasteiger partial charge in [-0.25, -0.2) is 4.79 Å². The van der Waals surface area contributed by atoms with E-state index in [1.165, 1.54) is 7.11 Å². The topological polar surface area (TPSA) is 115 Å². The predicted octanol–water partition coefficient (Wildman–Crippen LogP) is 3.96. The maximum atomic E-state index is 13.3. The summed E-state index contributed by atoms with van der Waals surface area (Å²) < 4.78 is 16.4. The quantitative estimate of drug-likeness (QED) is 0.254. The van der Waals surface area contributed by atoms with Gasteiger partial charge in [0.25, 0.3) is 0 Å². The summed E-state index contributed by atoms with van der Waals surface area (Å²) >= 11 is 6.56. The fourth-order valence-corrected chi connectivity index (χ4v) is 5.20. The van der Waals surface area contributed by atoms with Crippen molar-refractivity contribution in [3.63, 3.8) is 0 Å². The van der Waals surface area contributed by atoms with Crippen molar-refractivity contribution in [2.45, 2.75) is 47.1 Å². The van der Waals surface area contributed by atoms with Gasteiger partial charge in [0.05, 0.1) is 61.0 Å². The second kappa shape index (κ2) is 15.9. The normalized spacial score (nSPS) is 16.9. The van der Waals surface area contributed by atoms with E-state index >= 15 is 0 Å².